The molecule has 1 amide bonds. The van der Waals surface area contributed by atoms with Crippen LogP contribution in [-0.4, -0.2) is 18.0 Å². The summed E-state index contributed by atoms with van der Waals surface area (Å²) in [5.41, 5.74) is 1.45. The second-order valence-corrected chi connectivity index (χ2v) is 4.49. The van der Waals surface area contributed by atoms with Gasteiger partial charge in [-0.1, -0.05) is 11.6 Å². The number of carbonyl (C=O) groups excluding carboxylic acids is 1. The highest BCUT2D eigenvalue weighted by Crippen LogP contribution is 2.28. The van der Waals surface area contributed by atoms with Crippen LogP contribution in [0.4, 0.5) is 17.2 Å². The number of carbonyl (C=O) groups is 1. The number of halogens is 1. The lowest BCUT2D eigenvalue weighted by atomic mass is 10.3. The molecule has 0 aliphatic carbocycles. The van der Waals surface area contributed by atoms with Crippen molar-refractivity contribution in [3.8, 4) is 5.75 Å². The zero-order valence-electron chi connectivity index (χ0n) is 11.1. The van der Waals surface area contributed by atoms with Gasteiger partial charge in [0.05, 0.1) is 24.0 Å². The molecule has 0 fully saturated rings. The lowest BCUT2D eigenvalue weighted by Gasteiger charge is -2.09. The lowest BCUT2D eigenvalue weighted by Crippen LogP contribution is -2.06. The Balaban J connectivity index is 2.10. The number of amides is 1. The van der Waals surface area contributed by atoms with Gasteiger partial charge < -0.3 is 15.4 Å². The molecule has 20 heavy (non-hydrogen) atoms. The molecular formula is C14H14ClN3O2. The molecule has 0 spiro atoms. The van der Waals surface area contributed by atoms with Crippen molar-refractivity contribution in [2.24, 2.45) is 0 Å². The number of rotatable bonds is 4. The third kappa shape index (κ3) is 3.61. The van der Waals surface area contributed by atoms with Crippen molar-refractivity contribution >= 4 is 34.7 Å². The van der Waals surface area contributed by atoms with Crippen LogP contribution in [0.5, 0.6) is 5.75 Å². The number of nitrogens with one attached hydrogen (secondary N) is 2. The van der Waals surface area contributed by atoms with Crippen LogP contribution in [0.1, 0.15) is 6.92 Å². The van der Waals surface area contributed by atoms with E-state index in [0.717, 1.165) is 5.69 Å². The SMILES string of the molecule is COc1ccc(Nc2ccc(NC(C)=O)cn2)cc1Cl. The maximum atomic E-state index is 10.9. The number of hydrogen-bond acceptors (Lipinski definition) is 4. The number of methoxy groups -OCH3 is 1. The number of nitrogens with zero attached hydrogens (tertiary/aromatic N) is 1. The monoisotopic (exact) mass is 291 g/mol. The highest BCUT2D eigenvalue weighted by atomic mass is 35.5. The first-order chi connectivity index (χ1) is 9.58. The molecule has 0 aliphatic heterocycles. The fraction of sp³-hybridized carbons (Fsp3) is 0.143. The van der Waals surface area contributed by atoms with Crippen LogP contribution in [0.15, 0.2) is 36.5 Å². The molecule has 2 aromatic rings. The standard InChI is InChI=1S/C14H14ClN3O2/c1-9(19)17-11-4-6-14(16-8-11)18-10-3-5-13(20-2)12(15)7-10/h3-8H,1-2H3,(H,16,18)(H,17,19). The van der Waals surface area contributed by atoms with Crippen LogP contribution in [0, 0.1) is 0 Å². The van der Waals surface area contributed by atoms with Gasteiger partial charge in [0, 0.05) is 12.6 Å². The van der Waals surface area contributed by atoms with Gasteiger partial charge in [0.25, 0.3) is 0 Å². The van der Waals surface area contributed by atoms with E-state index in [1.807, 2.05) is 6.07 Å². The first-order valence-corrected chi connectivity index (χ1v) is 6.30. The number of benzene rings is 1. The van der Waals surface area contributed by atoms with Crippen molar-refractivity contribution in [3.05, 3.63) is 41.6 Å². The fourth-order valence-electron chi connectivity index (χ4n) is 1.64. The number of hydrogen-bond donors (Lipinski definition) is 2. The first-order valence-electron chi connectivity index (χ1n) is 5.92. The van der Waals surface area contributed by atoms with E-state index in [4.69, 9.17) is 16.3 Å². The lowest BCUT2D eigenvalue weighted by molar-refractivity contribution is -0.114. The zero-order chi connectivity index (χ0) is 14.5. The second kappa shape index (κ2) is 6.25. The molecule has 1 heterocycles. The summed E-state index contributed by atoms with van der Waals surface area (Å²) in [7, 11) is 1.57. The molecule has 0 bridgehead atoms. The van der Waals surface area contributed by atoms with Gasteiger partial charge in [-0.3, -0.25) is 4.79 Å². The molecule has 0 saturated heterocycles. The highest BCUT2D eigenvalue weighted by molar-refractivity contribution is 6.32. The average Bonchev–Trinajstić information content (AvgIpc) is 2.41. The summed E-state index contributed by atoms with van der Waals surface area (Å²) in [4.78, 5) is 15.1. The maximum Gasteiger partial charge on any atom is 0.221 e. The van der Waals surface area contributed by atoms with Crippen molar-refractivity contribution < 1.29 is 9.53 Å². The Hall–Kier alpha value is -2.27. The fourth-order valence-corrected chi connectivity index (χ4v) is 1.89. The average molecular weight is 292 g/mol. The van der Waals surface area contributed by atoms with Gasteiger partial charge in [-0.15, -0.1) is 0 Å². The molecule has 0 radical (unpaired) electrons. The minimum atomic E-state index is -0.130. The Morgan fingerprint density at radius 2 is 2.00 bits per heavy atom. The van der Waals surface area contributed by atoms with E-state index in [2.05, 4.69) is 15.6 Å². The van der Waals surface area contributed by atoms with Crippen LogP contribution >= 0.6 is 11.6 Å². The Kier molecular flexibility index (Phi) is 4.42. The number of ether oxygens (including phenoxy) is 1. The van der Waals surface area contributed by atoms with Gasteiger partial charge in [0.15, 0.2) is 0 Å². The van der Waals surface area contributed by atoms with E-state index in [0.29, 0.717) is 22.3 Å². The predicted octanol–water partition coefficient (Wildman–Crippen LogP) is 3.45. The molecule has 5 nitrogen and oxygen atoms in total. The van der Waals surface area contributed by atoms with Gasteiger partial charge >= 0.3 is 0 Å². The normalized spacial score (nSPS) is 9.95. The van der Waals surface area contributed by atoms with E-state index >= 15 is 0 Å². The van der Waals surface area contributed by atoms with Crippen LogP contribution in [0.3, 0.4) is 0 Å². The number of aromatic nitrogens is 1. The Labute approximate surface area is 121 Å². The summed E-state index contributed by atoms with van der Waals surface area (Å²) in [6, 6.07) is 8.90. The number of pyridine rings is 1. The molecular weight excluding hydrogens is 278 g/mol. The zero-order valence-corrected chi connectivity index (χ0v) is 11.9. The van der Waals surface area contributed by atoms with E-state index in [-0.39, 0.29) is 5.91 Å². The minimum absolute atomic E-state index is 0.130. The molecule has 1 aromatic carbocycles. The number of anilines is 3. The topological polar surface area (TPSA) is 63.2 Å². The van der Waals surface area contributed by atoms with Gasteiger partial charge in [0.1, 0.15) is 11.6 Å². The largest absolute Gasteiger partial charge is 0.495 e. The third-order valence-electron chi connectivity index (χ3n) is 2.51. The maximum absolute atomic E-state index is 10.9. The van der Waals surface area contributed by atoms with Gasteiger partial charge in [0.2, 0.25) is 5.91 Å². The summed E-state index contributed by atoms with van der Waals surface area (Å²) in [6.45, 7) is 1.45. The molecule has 2 N–H and O–H groups in total. The van der Waals surface area contributed by atoms with Crippen LogP contribution in [0.2, 0.25) is 5.02 Å². The van der Waals surface area contributed by atoms with E-state index < -0.39 is 0 Å². The van der Waals surface area contributed by atoms with Crippen LogP contribution in [-0.2, 0) is 4.79 Å². The smallest absolute Gasteiger partial charge is 0.221 e. The molecule has 0 unspecified atom stereocenters. The van der Waals surface area contributed by atoms with Crippen molar-refractivity contribution in [1.29, 1.82) is 0 Å². The van der Waals surface area contributed by atoms with Crippen molar-refractivity contribution in [3.63, 3.8) is 0 Å². The van der Waals surface area contributed by atoms with E-state index in [9.17, 15) is 4.79 Å². The van der Waals surface area contributed by atoms with Crippen molar-refractivity contribution in [2.45, 2.75) is 6.92 Å². The summed E-state index contributed by atoms with van der Waals surface area (Å²) in [5, 5.41) is 6.29. The van der Waals surface area contributed by atoms with Gasteiger partial charge in [-0.2, -0.15) is 0 Å². The van der Waals surface area contributed by atoms with Crippen LogP contribution < -0.4 is 15.4 Å². The molecule has 1 aromatic heterocycles. The van der Waals surface area contributed by atoms with E-state index in [1.165, 1.54) is 6.92 Å². The minimum Gasteiger partial charge on any atom is -0.495 e. The quantitative estimate of drug-likeness (QED) is 0.906. The summed E-state index contributed by atoms with van der Waals surface area (Å²) < 4.78 is 5.09. The van der Waals surface area contributed by atoms with Crippen molar-refractivity contribution in [2.75, 3.05) is 17.7 Å². The molecule has 2 rings (SSSR count). The Morgan fingerprint density at radius 3 is 2.55 bits per heavy atom. The predicted molar refractivity (Wildman–Crippen MR) is 79.8 cm³/mol. The van der Waals surface area contributed by atoms with Gasteiger partial charge in [-0.25, -0.2) is 4.98 Å². The molecule has 0 saturated carbocycles. The van der Waals surface area contributed by atoms with Gasteiger partial charge in [-0.05, 0) is 30.3 Å². The van der Waals surface area contributed by atoms with Crippen LogP contribution in [0.25, 0.3) is 0 Å². The summed E-state index contributed by atoms with van der Waals surface area (Å²) >= 11 is 6.05. The molecule has 104 valence electrons. The Bertz CT molecular complexity index is 614. The summed E-state index contributed by atoms with van der Waals surface area (Å²) in [5.74, 6) is 1.14. The second-order valence-electron chi connectivity index (χ2n) is 4.09. The summed E-state index contributed by atoms with van der Waals surface area (Å²) in [6.07, 6.45) is 1.58. The van der Waals surface area contributed by atoms with E-state index in [1.54, 1.807) is 37.6 Å². The third-order valence-corrected chi connectivity index (χ3v) is 2.80. The Morgan fingerprint density at radius 1 is 1.25 bits per heavy atom. The first kappa shape index (κ1) is 14.1. The molecule has 0 aliphatic rings. The highest BCUT2D eigenvalue weighted by Gasteiger charge is 2.03. The van der Waals surface area contributed by atoms with Crippen molar-refractivity contribution in [1.82, 2.24) is 4.98 Å². The molecule has 6 heteroatoms. The molecule has 0 atom stereocenters.